The summed E-state index contributed by atoms with van der Waals surface area (Å²) in [6, 6.07) is 2.47. The standard InChI is InChI=1S/C24H37Cl2NO2/c1-2-3-4-5-6-7-8-11-17(16-27)12-9-10-13-21(28)23-18-14-20-22(29-23)15-19(18)24(20,25)26/h17-20,22-23H,2-15H2,1H3. The second kappa shape index (κ2) is 10.8. The van der Waals surface area contributed by atoms with Gasteiger partial charge in [0.25, 0.3) is 0 Å². The van der Waals surface area contributed by atoms with Crippen LogP contribution in [0.4, 0.5) is 0 Å². The molecule has 2 heterocycles. The van der Waals surface area contributed by atoms with E-state index in [1.807, 2.05) is 0 Å². The Balaban J connectivity index is 1.27. The number of nitrogens with zero attached hydrogens (tertiary/aromatic N) is 1. The first kappa shape index (κ1) is 23.4. The van der Waals surface area contributed by atoms with E-state index in [1.165, 1.54) is 38.5 Å². The summed E-state index contributed by atoms with van der Waals surface area (Å²) in [4.78, 5) is 12.7. The van der Waals surface area contributed by atoms with Crippen LogP contribution in [-0.2, 0) is 9.53 Å². The van der Waals surface area contributed by atoms with E-state index in [0.717, 1.165) is 44.9 Å². The van der Waals surface area contributed by atoms with Gasteiger partial charge in [-0.2, -0.15) is 5.26 Å². The molecule has 2 saturated heterocycles. The predicted molar refractivity (Wildman–Crippen MR) is 118 cm³/mol. The van der Waals surface area contributed by atoms with Gasteiger partial charge < -0.3 is 4.74 Å². The molecule has 3 nitrogen and oxygen atoms in total. The molecule has 29 heavy (non-hydrogen) atoms. The highest BCUT2D eigenvalue weighted by atomic mass is 35.5. The summed E-state index contributed by atoms with van der Waals surface area (Å²) in [6.45, 7) is 2.24. The lowest BCUT2D eigenvalue weighted by Gasteiger charge is -2.40. The lowest BCUT2D eigenvalue weighted by Crippen LogP contribution is -2.46. The molecule has 164 valence electrons. The van der Waals surface area contributed by atoms with Crippen LogP contribution in [0.5, 0.6) is 0 Å². The van der Waals surface area contributed by atoms with E-state index in [1.54, 1.807) is 0 Å². The van der Waals surface area contributed by atoms with Crippen molar-refractivity contribution in [2.75, 3.05) is 0 Å². The minimum atomic E-state index is -0.694. The predicted octanol–water partition coefficient (Wildman–Crippen LogP) is 6.99. The molecule has 2 aliphatic heterocycles. The van der Waals surface area contributed by atoms with Crippen molar-refractivity contribution < 1.29 is 9.53 Å². The average molecular weight is 442 g/mol. The lowest BCUT2D eigenvalue weighted by molar-refractivity contribution is -0.161. The molecular weight excluding hydrogens is 405 g/mol. The molecule has 4 fully saturated rings. The van der Waals surface area contributed by atoms with E-state index in [2.05, 4.69) is 13.0 Å². The minimum Gasteiger partial charge on any atom is -0.366 e. The van der Waals surface area contributed by atoms with Gasteiger partial charge in [-0.3, -0.25) is 4.79 Å². The van der Waals surface area contributed by atoms with Gasteiger partial charge in [-0.25, -0.2) is 0 Å². The number of Topliss-reactive ketones (excluding diaryl/α,β-unsaturated/α-hetero) is 1. The maximum absolute atomic E-state index is 12.7. The third kappa shape index (κ3) is 5.50. The molecule has 0 amide bonds. The highest BCUT2D eigenvalue weighted by Gasteiger charge is 2.68. The number of halogens is 2. The van der Waals surface area contributed by atoms with Crippen molar-refractivity contribution in [3.8, 4) is 6.07 Å². The number of nitriles is 1. The molecule has 2 saturated carbocycles. The van der Waals surface area contributed by atoms with Crippen molar-refractivity contribution in [1.29, 1.82) is 5.26 Å². The van der Waals surface area contributed by atoms with E-state index < -0.39 is 4.33 Å². The van der Waals surface area contributed by atoms with Crippen LogP contribution < -0.4 is 0 Å². The van der Waals surface area contributed by atoms with Crippen LogP contribution >= 0.6 is 23.2 Å². The Morgan fingerprint density at radius 1 is 1.03 bits per heavy atom. The van der Waals surface area contributed by atoms with Crippen molar-refractivity contribution in [2.24, 2.45) is 23.7 Å². The van der Waals surface area contributed by atoms with Crippen LogP contribution in [0.15, 0.2) is 0 Å². The second-order valence-electron chi connectivity index (χ2n) is 9.57. The van der Waals surface area contributed by atoms with Crippen LogP contribution in [0.1, 0.15) is 96.8 Å². The monoisotopic (exact) mass is 441 g/mol. The van der Waals surface area contributed by atoms with Crippen molar-refractivity contribution in [1.82, 2.24) is 0 Å². The first-order valence-electron chi connectivity index (χ1n) is 11.9. The molecule has 0 aromatic rings. The Bertz CT molecular complexity index is 588. The third-order valence-electron chi connectivity index (χ3n) is 7.56. The van der Waals surface area contributed by atoms with E-state index in [0.29, 0.717) is 6.42 Å². The Labute approximate surface area is 186 Å². The van der Waals surface area contributed by atoms with Crippen LogP contribution in [0.3, 0.4) is 0 Å². The second-order valence-corrected chi connectivity index (χ2v) is 11.0. The number of carbonyl (C=O) groups excluding carboxylic acids is 1. The number of hydrogen-bond acceptors (Lipinski definition) is 3. The fraction of sp³-hybridized carbons (Fsp3) is 0.917. The van der Waals surface area contributed by atoms with E-state index >= 15 is 0 Å². The maximum Gasteiger partial charge on any atom is 0.161 e. The molecule has 0 aromatic carbocycles. The molecule has 0 N–H and O–H groups in total. The lowest BCUT2D eigenvalue weighted by atomic mass is 9.78. The summed E-state index contributed by atoms with van der Waals surface area (Å²) >= 11 is 13.1. The molecule has 4 rings (SSSR count). The number of rotatable bonds is 14. The van der Waals surface area contributed by atoms with Gasteiger partial charge in [-0.1, -0.05) is 58.3 Å². The van der Waals surface area contributed by atoms with Crippen molar-refractivity contribution in [3.63, 3.8) is 0 Å². The highest BCUT2D eigenvalue weighted by molar-refractivity contribution is 6.49. The fourth-order valence-corrected chi connectivity index (χ4v) is 6.82. The topological polar surface area (TPSA) is 50.1 Å². The van der Waals surface area contributed by atoms with E-state index in [4.69, 9.17) is 27.9 Å². The summed E-state index contributed by atoms with van der Waals surface area (Å²) in [6.07, 6.45) is 14.9. The zero-order valence-corrected chi connectivity index (χ0v) is 19.4. The Hall–Kier alpha value is -0.300. The number of ketones is 1. The largest absolute Gasteiger partial charge is 0.366 e. The number of fused-ring (bicyclic) bond motifs is 1. The van der Waals surface area contributed by atoms with Crippen molar-refractivity contribution in [3.05, 3.63) is 0 Å². The number of carbonyl (C=O) groups is 1. The zero-order chi connectivity index (χ0) is 20.9. The number of alkyl halides is 2. The first-order valence-corrected chi connectivity index (χ1v) is 12.7. The van der Waals surface area contributed by atoms with Crippen molar-refractivity contribution >= 4 is 29.0 Å². The van der Waals surface area contributed by atoms with Gasteiger partial charge in [-0.15, -0.1) is 23.2 Å². The van der Waals surface area contributed by atoms with Crippen molar-refractivity contribution in [2.45, 2.75) is 113 Å². The average Bonchev–Trinajstić information content (AvgIpc) is 3.10. The molecule has 0 aromatic heterocycles. The molecule has 5 heteroatoms. The third-order valence-corrected chi connectivity index (χ3v) is 8.68. The number of ether oxygens (including phenoxy) is 1. The van der Waals surface area contributed by atoms with Gasteiger partial charge in [0.15, 0.2) is 5.78 Å². The Kier molecular flexibility index (Phi) is 8.73. The Morgan fingerprint density at radius 2 is 1.69 bits per heavy atom. The molecule has 4 aliphatic rings. The van der Waals surface area contributed by atoms with Crippen LogP contribution in [0.25, 0.3) is 0 Å². The molecule has 4 bridgehead atoms. The molecule has 2 aliphatic carbocycles. The van der Waals surface area contributed by atoms with Crippen LogP contribution in [-0.4, -0.2) is 22.3 Å². The SMILES string of the molecule is CCCCCCCCCC(C#N)CCCCC(=O)C1OC2CC3C1CC2C3(Cl)Cl. The van der Waals surface area contributed by atoms with E-state index in [9.17, 15) is 10.1 Å². The zero-order valence-electron chi connectivity index (χ0n) is 17.9. The maximum atomic E-state index is 12.7. The molecular formula is C24H37Cl2NO2. The van der Waals surface area contributed by atoms with E-state index in [-0.39, 0.29) is 41.7 Å². The van der Waals surface area contributed by atoms with Gasteiger partial charge in [0.2, 0.25) is 0 Å². The summed E-state index contributed by atoms with van der Waals surface area (Å²) in [5, 5.41) is 9.40. The Morgan fingerprint density at radius 3 is 2.28 bits per heavy atom. The van der Waals surface area contributed by atoms with Crippen LogP contribution in [0.2, 0.25) is 0 Å². The first-order chi connectivity index (χ1) is 14.0. The number of hydrogen-bond donors (Lipinski definition) is 0. The van der Waals surface area contributed by atoms with Gasteiger partial charge >= 0.3 is 0 Å². The number of unbranched alkanes of at least 4 members (excludes halogenated alkanes) is 7. The highest BCUT2D eigenvalue weighted by Crippen LogP contribution is 2.66. The van der Waals surface area contributed by atoms with Gasteiger partial charge in [0, 0.05) is 24.2 Å². The van der Waals surface area contributed by atoms with Gasteiger partial charge in [0.05, 0.1) is 12.2 Å². The molecule has 6 unspecified atom stereocenters. The van der Waals surface area contributed by atoms with Crippen LogP contribution in [0, 0.1) is 35.0 Å². The normalized spacial score (nSPS) is 32.4. The molecule has 0 spiro atoms. The minimum absolute atomic E-state index is 0.0684. The summed E-state index contributed by atoms with van der Waals surface area (Å²) in [5.41, 5.74) is 0. The summed E-state index contributed by atoms with van der Waals surface area (Å²) in [7, 11) is 0. The fourth-order valence-electron chi connectivity index (χ4n) is 5.86. The smallest absolute Gasteiger partial charge is 0.161 e. The molecule has 6 atom stereocenters. The van der Waals surface area contributed by atoms with Gasteiger partial charge in [-0.05, 0) is 38.0 Å². The summed E-state index contributed by atoms with van der Waals surface area (Å²) < 4.78 is 5.37. The summed E-state index contributed by atoms with van der Waals surface area (Å²) in [5.74, 6) is 0.982. The quantitative estimate of drug-likeness (QED) is 0.215. The molecule has 0 radical (unpaired) electrons. The van der Waals surface area contributed by atoms with Gasteiger partial charge in [0.1, 0.15) is 10.4 Å².